The number of hydrogen-bond acceptors (Lipinski definition) is 1. The van der Waals surface area contributed by atoms with Gasteiger partial charge in [0, 0.05) is 22.6 Å². The fraction of sp³-hybridized carbons (Fsp3) is 0.400. The average molecular weight is 244 g/mol. The first-order valence-corrected chi connectivity index (χ1v) is 6.38. The minimum atomic E-state index is -0.136. The number of hydrogen-bond donors (Lipinski definition) is 2. The highest BCUT2D eigenvalue weighted by Gasteiger charge is 2.18. The maximum atomic E-state index is 12.0. The molecule has 0 radical (unpaired) electrons. The first-order chi connectivity index (χ1) is 8.52. The van der Waals surface area contributed by atoms with Gasteiger partial charge in [0.1, 0.15) is 0 Å². The maximum absolute atomic E-state index is 12.0. The van der Waals surface area contributed by atoms with E-state index >= 15 is 0 Å². The van der Waals surface area contributed by atoms with Crippen molar-refractivity contribution in [1.82, 2.24) is 10.3 Å². The van der Waals surface area contributed by atoms with Crippen LogP contribution in [-0.2, 0) is 11.2 Å². The van der Waals surface area contributed by atoms with Gasteiger partial charge >= 0.3 is 0 Å². The molecule has 1 aromatic heterocycles. The molecule has 0 aliphatic carbocycles. The van der Waals surface area contributed by atoms with Gasteiger partial charge in [0.15, 0.2) is 0 Å². The Morgan fingerprint density at radius 1 is 1.33 bits per heavy atom. The molecule has 2 rings (SSSR count). The summed E-state index contributed by atoms with van der Waals surface area (Å²) in [6, 6.07) is 8.04. The summed E-state index contributed by atoms with van der Waals surface area (Å²) in [4.78, 5) is 15.2. The van der Waals surface area contributed by atoms with E-state index in [9.17, 15) is 4.79 Å². The van der Waals surface area contributed by atoms with Crippen molar-refractivity contribution < 1.29 is 4.79 Å². The molecule has 2 N–H and O–H groups in total. The molecule has 96 valence electrons. The highest BCUT2D eigenvalue weighted by atomic mass is 16.1. The molecule has 0 fully saturated rings. The number of aromatic amines is 1. The Hall–Kier alpha value is -1.77. The van der Waals surface area contributed by atoms with Crippen molar-refractivity contribution in [2.75, 3.05) is 0 Å². The van der Waals surface area contributed by atoms with Crippen molar-refractivity contribution in [3.8, 4) is 0 Å². The molecule has 0 atom stereocenters. The molecule has 3 nitrogen and oxygen atoms in total. The molecular formula is C15H20N2O. The summed E-state index contributed by atoms with van der Waals surface area (Å²) in [5.41, 5.74) is 1.99. The van der Waals surface area contributed by atoms with Crippen LogP contribution in [0.3, 0.4) is 0 Å². The molecule has 1 heterocycles. The van der Waals surface area contributed by atoms with Crippen molar-refractivity contribution in [2.24, 2.45) is 0 Å². The number of aromatic nitrogens is 1. The molecule has 0 saturated heterocycles. The molecule has 3 heteroatoms. The Morgan fingerprint density at radius 2 is 2.06 bits per heavy atom. The van der Waals surface area contributed by atoms with Gasteiger partial charge in [0.05, 0.1) is 6.42 Å². The molecule has 0 saturated carbocycles. The maximum Gasteiger partial charge on any atom is 0.224 e. The summed E-state index contributed by atoms with van der Waals surface area (Å²) in [5.74, 6) is 0.0756. The van der Waals surface area contributed by atoms with Gasteiger partial charge in [-0.3, -0.25) is 4.79 Å². The Morgan fingerprint density at radius 3 is 2.78 bits per heavy atom. The Balaban J connectivity index is 2.12. The summed E-state index contributed by atoms with van der Waals surface area (Å²) in [5, 5.41) is 4.18. The number of carbonyl (C=O) groups excluding carboxylic acids is 1. The van der Waals surface area contributed by atoms with Gasteiger partial charge in [-0.05, 0) is 31.9 Å². The fourth-order valence-electron chi connectivity index (χ4n) is 1.96. The third-order valence-corrected chi connectivity index (χ3v) is 3.39. The van der Waals surface area contributed by atoms with Gasteiger partial charge in [0.2, 0.25) is 5.91 Å². The van der Waals surface area contributed by atoms with Crippen molar-refractivity contribution in [3.05, 3.63) is 36.0 Å². The number of amides is 1. The van der Waals surface area contributed by atoms with Crippen LogP contribution in [0.5, 0.6) is 0 Å². The number of para-hydroxylation sites is 1. The Labute approximate surface area is 108 Å². The molecule has 2 aromatic rings. The van der Waals surface area contributed by atoms with Gasteiger partial charge < -0.3 is 10.3 Å². The smallest absolute Gasteiger partial charge is 0.224 e. The van der Waals surface area contributed by atoms with E-state index in [-0.39, 0.29) is 11.4 Å². The van der Waals surface area contributed by atoms with Crippen LogP contribution >= 0.6 is 0 Å². The first-order valence-electron chi connectivity index (χ1n) is 6.38. The molecule has 0 aliphatic heterocycles. The molecule has 0 aliphatic rings. The van der Waals surface area contributed by atoms with Crippen LogP contribution in [0.25, 0.3) is 10.9 Å². The van der Waals surface area contributed by atoms with Gasteiger partial charge in [-0.1, -0.05) is 25.1 Å². The van der Waals surface area contributed by atoms with E-state index in [1.807, 2.05) is 44.3 Å². The van der Waals surface area contributed by atoms with E-state index in [0.717, 1.165) is 22.9 Å². The van der Waals surface area contributed by atoms with Crippen LogP contribution < -0.4 is 5.32 Å². The second-order valence-electron chi connectivity index (χ2n) is 5.32. The van der Waals surface area contributed by atoms with Gasteiger partial charge in [-0.2, -0.15) is 0 Å². The minimum Gasteiger partial charge on any atom is -0.361 e. The Bertz CT molecular complexity index is 554. The lowest BCUT2D eigenvalue weighted by atomic mass is 10.0. The molecule has 0 bridgehead atoms. The zero-order valence-electron chi connectivity index (χ0n) is 11.2. The van der Waals surface area contributed by atoms with Crippen LogP contribution in [0.4, 0.5) is 0 Å². The largest absolute Gasteiger partial charge is 0.361 e. The van der Waals surface area contributed by atoms with E-state index in [0.29, 0.717) is 6.42 Å². The van der Waals surface area contributed by atoms with Crippen LogP contribution in [0, 0.1) is 0 Å². The number of benzene rings is 1. The van der Waals surface area contributed by atoms with Gasteiger partial charge in [-0.25, -0.2) is 0 Å². The lowest BCUT2D eigenvalue weighted by molar-refractivity contribution is -0.122. The third kappa shape index (κ3) is 2.73. The van der Waals surface area contributed by atoms with E-state index in [1.54, 1.807) is 0 Å². The summed E-state index contributed by atoms with van der Waals surface area (Å²) >= 11 is 0. The second-order valence-corrected chi connectivity index (χ2v) is 5.32. The molecule has 0 spiro atoms. The SMILES string of the molecule is CCC(C)(C)NC(=O)Cc1c[nH]c2ccccc12. The topological polar surface area (TPSA) is 44.9 Å². The minimum absolute atomic E-state index is 0.0756. The van der Waals surface area contributed by atoms with E-state index in [4.69, 9.17) is 0 Å². The number of carbonyl (C=O) groups is 1. The summed E-state index contributed by atoms with van der Waals surface area (Å²) < 4.78 is 0. The Kier molecular flexibility index (Phi) is 3.41. The normalized spacial score (nSPS) is 11.7. The number of fused-ring (bicyclic) bond motifs is 1. The van der Waals surface area contributed by atoms with Crippen LogP contribution in [-0.4, -0.2) is 16.4 Å². The van der Waals surface area contributed by atoms with Crippen molar-refractivity contribution >= 4 is 16.8 Å². The second kappa shape index (κ2) is 4.84. The zero-order chi connectivity index (χ0) is 13.2. The molecule has 18 heavy (non-hydrogen) atoms. The zero-order valence-corrected chi connectivity index (χ0v) is 11.2. The number of H-pyrrole nitrogens is 1. The van der Waals surface area contributed by atoms with Gasteiger partial charge in [0.25, 0.3) is 0 Å². The molecule has 1 amide bonds. The lowest BCUT2D eigenvalue weighted by Crippen LogP contribution is -2.43. The fourth-order valence-corrected chi connectivity index (χ4v) is 1.96. The molecule has 1 aromatic carbocycles. The average Bonchev–Trinajstić information content (AvgIpc) is 2.72. The van der Waals surface area contributed by atoms with Crippen LogP contribution in [0.15, 0.2) is 30.5 Å². The standard InChI is InChI=1S/C15H20N2O/c1-4-15(2,3)17-14(18)9-11-10-16-13-8-6-5-7-12(11)13/h5-8,10,16H,4,9H2,1-3H3,(H,17,18). The van der Waals surface area contributed by atoms with Crippen molar-refractivity contribution in [3.63, 3.8) is 0 Å². The quantitative estimate of drug-likeness (QED) is 0.853. The summed E-state index contributed by atoms with van der Waals surface area (Å²) in [6.45, 7) is 6.16. The highest BCUT2D eigenvalue weighted by Crippen LogP contribution is 2.18. The van der Waals surface area contributed by atoms with E-state index in [2.05, 4.69) is 17.2 Å². The lowest BCUT2D eigenvalue weighted by Gasteiger charge is -2.24. The predicted octanol–water partition coefficient (Wildman–Crippen LogP) is 3.02. The number of nitrogens with one attached hydrogen (secondary N) is 2. The summed E-state index contributed by atoms with van der Waals surface area (Å²) in [7, 11) is 0. The van der Waals surface area contributed by atoms with Crippen LogP contribution in [0.2, 0.25) is 0 Å². The molecule has 0 unspecified atom stereocenters. The van der Waals surface area contributed by atoms with Crippen molar-refractivity contribution in [2.45, 2.75) is 39.2 Å². The predicted molar refractivity (Wildman–Crippen MR) is 74.5 cm³/mol. The molecular weight excluding hydrogens is 224 g/mol. The number of rotatable bonds is 4. The third-order valence-electron chi connectivity index (χ3n) is 3.39. The van der Waals surface area contributed by atoms with Crippen LogP contribution in [0.1, 0.15) is 32.8 Å². The van der Waals surface area contributed by atoms with E-state index < -0.39 is 0 Å². The highest BCUT2D eigenvalue weighted by molar-refractivity contribution is 5.89. The first kappa shape index (κ1) is 12.7. The monoisotopic (exact) mass is 244 g/mol. The van der Waals surface area contributed by atoms with Gasteiger partial charge in [-0.15, -0.1) is 0 Å². The summed E-state index contributed by atoms with van der Waals surface area (Å²) in [6.07, 6.45) is 3.27. The van der Waals surface area contributed by atoms with Crippen molar-refractivity contribution in [1.29, 1.82) is 0 Å². The van der Waals surface area contributed by atoms with E-state index in [1.165, 1.54) is 0 Å².